The summed E-state index contributed by atoms with van der Waals surface area (Å²) in [7, 11) is 0. The predicted octanol–water partition coefficient (Wildman–Crippen LogP) is 7.79. The van der Waals surface area contributed by atoms with Crippen molar-refractivity contribution in [3.63, 3.8) is 0 Å². The summed E-state index contributed by atoms with van der Waals surface area (Å²) in [6, 6.07) is -0.619. The van der Waals surface area contributed by atoms with Gasteiger partial charge in [0.25, 0.3) is 0 Å². The van der Waals surface area contributed by atoms with Crippen LogP contribution in [0, 0.1) is 22.0 Å². The Hall–Kier alpha value is -3.99. The van der Waals surface area contributed by atoms with Crippen LogP contribution < -0.4 is 16.7 Å². The number of allylic oxidation sites excluding steroid dienone is 8. The molecule has 0 saturated carbocycles. The fraction of sp³-hybridized carbons (Fsp3) is 0.500. The first-order chi connectivity index (χ1) is 23.4. The molecule has 274 valence electrons. The van der Waals surface area contributed by atoms with Crippen LogP contribution in [-0.2, 0) is 9.59 Å². The number of aldehydes is 1. The zero-order valence-electron chi connectivity index (χ0n) is 31.6. The summed E-state index contributed by atoms with van der Waals surface area (Å²) < 4.78 is 0. The molecule has 0 bridgehead atoms. The summed E-state index contributed by atoms with van der Waals surface area (Å²) in [6.07, 6.45) is 30.8. The van der Waals surface area contributed by atoms with E-state index in [9.17, 15) is 24.8 Å². The van der Waals surface area contributed by atoms with E-state index in [1.165, 1.54) is 24.3 Å². The first kappa shape index (κ1) is 53.5. The Morgan fingerprint density at radius 3 is 1.56 bits per heavy atom. The zero-order valence-corrected chi connectivity index (χ0v) is 31.6. The molecule has 10 heteroatoms. The summed E-state index contributed by atoms with van der Waals surface area (Å²) in [5, 5.41) is 23.8. The number of hydrazone groups is 1. The van der Waals surface area contributed by atoms with Crippen molar-refractivity contribution < 1.29 is 19.6 Å². The molecule has 0 aromatic rings. The molecule has 0 spiro atoms. The molecule has 0 aliphatic heterocycles. The average molecular weight is 674 g/mol. The third-order valence-electron chi connectivity index (χ3n) is 5.08. The number of nitro groups is 1. The lowest BCUT2D eigenvalue weighted by Gasteiger charge is -2.13. The molecule has 48 heavy (non-hydrogen) atoms. The minimum atomic E-state index is -0.743. The minimum Gasteiger partial charge on any atom is -0.385 e. The molecule has 0 radical (unpaired) electrons. The maximum absolute atomic E-state index is 10.5. The topological polar surface area (TPSA) is 160 Å². The quantitative estimate of drug-likeness (QED) is 0.0555. The summed E-state index contributed by atoms with van der Waals surface area (Å²) in [4.78, 5) is 30.7. The number of hydrogen-bond acceptors (Lipinski definition) is 9. The number of ketones is 1. The van der Waals surface area contributed by atoms with Gasteiger partial charge >= 0.3 is 0 Å². The number of hydrazine groups is 1. The fourth-order valence-corrected chi connectivity index (χ4v) is 3.08. The van der Waals surface area contributed by atoms with Crippen LogP contribution in [0.1, 0.15) is 89.5 Å². The van der Waals surface area contributed by atoms with Crippen molar-refractivity contribution in [2.75, 3.05) is 0 Å². The van der Waals surface area contributed by atoms with Gasteiger partial charge in [-0.2, -0.15) is 5.10 Å². The molecule has 4 rings (SSSR count). The second-order valence-corrected chi connectivity index (χ2v) is 7.94. The molecule has 0 heterocycles. The van der Waals surface area contributed by atoms with Crippen LogP contribution in [0.15, 0.2) is 102 Å². The number of carbonyl (C=O) groups excluding carboxylic acids is 2. The normalized spacial score (nSPS) is 20.5. The molecule has 4 aliphatic rings. The maximum Gasteiger partial charge on any atom is 0.249 e. The Kier molecular flexibility index (Phi) is 47.9. The Labute approximate surface area is 292 Å². The molecule has 0 unspecified atom stereocenters. The van der Waals surface area contributed by atoms with Gasteiger partial charge in [0, 0.05) is 17.1 Å². The summed E-state index contributed by atoms with van der Waals surface area (Å²) in [6.45, 7) is 24.0. The lowest BCUT2D eigenvalue weighted by molar-refractivity contribution is -0.496. The third-order valence-corrected chi connectivity index (χ3v) is 5.08. The fourth-order valence-electron chi connectivity index (χ4n) is 3.08. The lowest BCUT2D eigenvalue weighted by atomic mass is 10.0. The molecular weight excluding hydrogens is 606 g/mol. The smallest absolute Gasteiger partial charge is 0.249 e. The molecule has 0 atom stereocenters. The van der Waals surface area contributed by atoms with E-state index < -0.39 is 12.1 Å². The van der Waals surface area contributed by atoms with Gasteiger partial charge < -0.3 is 9.90 Å². The summed E-state index contributed by atoms with van der Waals surface area (Å²) in [5.41, 5.74) is 5.51. The first-order valence-corrected chi connectivity index (χ1v) is 17.4. The first-order valence-electron chi connectivity index (χ1n) is 17.4. The van der Waals surface area contributed by atoms with E-state index in [1.54, 1.807) is 42.7 Å². The molecule has 5 N–H and O–H groups in total. The van der Waals surface area contributed by atoms with Gasteiger partial charge in [-0.15, -0.1) is 0 Å². The highest BCUT2D eigenvalue weighted by Crippen LogP contribution is 2.08. The molecule has 0 fully saturated rings. The number of nitrogens with zero attached hydrogens (tertiary/aromatic N) is 2. The van der Waals surface area contributed by atoms with Crippen molar-refractivity contribution in [1.29, 1.82) is 0 Å². The Bertz CT molecular complexity index is 970. The van der Waals surface area contributed by atoms with Gasteiger partial charge in [0.15, 0.2) is 5.78 Å². The van der Waals surface area contributed by atoms with Crippen molar-refractivity contribution >= 4 is 18.3 Å². The minimum absolute atomic E-state index is 0.0481. The maximum atomic E-state index is 10.5. The number of aliphatic hydroxyl groups excluding tert-OH is 1. The van der Waals surface area contributed by atoms with Crippen molar-refractivity contribution in [3.8, 4) is 0 Å². The van der Waals surface area contributed by atoms with Gasteiger partial charge in [-0.25, -0.2) is 5.43 Å². The van der Waals surface area contributed by atoms with E-state index in [0.29, 0.717) is 0 Å². The van der Waals surface area contributed by atoms with Crippen molar-refractivity contribution in [3.05, 3.63) is 107 Å². The molecule has 0 aromatic carbocycles. The second-order valence-electron chi connectivity index (χ2n) is 7.94. The average Bonchev–Trinajstić information content (AvgIpc) is 3.18. The van der Waals surface area contributed by atoms with Gasteiger partial charge in [-0.1, -0.05) is 156 Å². The highest BCUT2D eigenvalue weighted by molar-refractivity contribution is 6.01. The van der Waals surface area contributed by atoms with Gasteiger partial charge in [0.05, 0.1) is 24.1 Å². The monoisotopic (exact) mass is 674 g/mol. The van der Waals surface area contributed by atoms with Crippen molar-refractivity contribution in [1.82, 2.24) is 10.9 Å². The molecule has 0 saturated heterocycles. The number of rotatable bonds is 6. The Balaban J connectivity index is -0.000000179. The van der Waals surface area contributed by atoms with E-state index in [0.717, 1.165) is 12.7 Å². The van der Waals surface area contributed by atoms with E-state index in [-0.39, 0.29) is 34.6 Å². The largest absolute Gasteiger partial charge is 0.385 e. The molecule has 4 aliphatic carbocycles. The predicted molar refractivity (Wildman–Crippen MR) is 207 cm³/mol. The molecule has 10 nitrogen and oxygen atoms in total. The highest BCUT2D eigenvalue weighted by Gasteiger charge is 2.16. The molecule has 0 amide bonds. The van der Waals surface area contributed by atoms with Crippen LogP contribution in [0.2, 0.25) is 0 Å². The van der Waals surface area contributed by atoms with E-state index >= 15 is 0 Å². The van der Waals surface area contributed by atoms with Gasteiger partial charge in [0.2, 0.25) is 6.04 Å². The van der Waals surface area contributed by atoms with Gasteiger partial charge in [-0.3, -0.25) is 26.2 Å². The van der Waals surface area contributed by atoms with E-state index in [1.807, 2.05) is 107 Å². The van der Waals surface area contributed by atoms with E-state index in [2.05, 4.69) is 28.1 Å². The number of aliphatic hydroxyl groups is 1. The number of carbonyl (C=O) groups is 2. The zero-order chi connectivity index (χ0) is 38.2. The highest BCUT2D eigenvalue weighted by atomic mass is 16.6. The van der Waals surface area contributed by atoms with Crippen molar-refractivity contribution in [2.24, 2.45) is 22.8 Å². The van der Waals surface area contributed by atoms with Gasteiger partial charge in [0.1, 0.15) is 6.29 Å². The van der Waals surface area contributed by atoms with Gasteiger partial charge in [-0.05, 0) is 30.7 Å². The number of hydrogen-bond donors (Lipinski definition) is 4. The number of nitrogens with one attached hydrogen (secondary N) is 2. The van der Waals surface area contributed by atoms with Crippen LogP contribution >= 0.6 is 0 Å². The lowest BCUT2D eigenvalue weighted by Crippen LogP contribution is -2.32. The van der Waals surface area contributed by atoms with Crippen LogP contribution in [0.25, 0.3) is 0 Å². The number of nitrogens with two attached hydrogens (primary N) is 1. The van der Waals surface area contributed by atoms with Crippen LogP contribution in [-0.4, -0.2) is 52.5 Å². The second kappa shape index (κ2) is 43.0. The SMILES string of the molecule is CC.CC.CC.CC.CC.CC.NNC1C=CCC=C1.O=CC1C=CC(=O)C=C1.O=[N+]([O-])C1C=CC(NN=CC2C=CC(O)C=C2)C=C1. The Morgan fingerprint density at radius 1 is 0.729 bits per heavy atom. The van der Waals surface area contributed by atoms with Crippen LogP contribution in [0.5, 0.6) is 0 Å². The molecular formula is C38H67N5O5. The van der Waals surface area contributed by atoms with Crippen LogP contribution in [0.4, 0.5) is 0 Å². The Morgan fingerprint density at radius 2 is 1.19 bits per heavy atom. The van der Waals surface area contributed by atoms with Crippen molar-refractivity contribution in [2.45, 2.75) is 114 Å². The molecule has 0 aromatic heterocycles. The standard InChI is InChI=1S/C13H15N3O3.C7H6O2.C6H10N2.6C2H6/c17-13-7-1-10(2-8-13)9-14-15-11-3-5-12(6-4-11)16(18)19;8-5-6-1-3-7(9)4-2-6;7-8-6-4-2-1-3-5-6;6*1-2/h1-13,15,17H;1-6H;2-6,8H,1,7H2;6*1-2H3. The van der Waals surface area contributed by atoms with E-state index in [4.69, 9.17) is 5.84 Å². The summed E-state index contributed by atoms with van der Waals surface area (Å²) in [5.74, 6) is 4.97. The third kappa shape index (κ3) is 30.7. The summed E-state index contributed by atoms with van der Waals surface area (Å²) >= 11 is 0. The van der Waals surface area contributed by atoms with Crippen LogP contribution in [0.3, 0.4) is 0 Å².